The fourth-order valence-electron chi connectivity index (χ4n) is 1.73. The summed E-state index contributed by atoms with van der Waals surface area (Å²) in [6.45, 7) is 1.14. The second-order valence-electron chi connectivity index (χ2n) is 3.96. The molecule has 2 N–H and O–H groups in total. The summed E-state index contributed by atoms with van der Waals surface area (Å²) in [6, 6.07) is 7.02. The Kier molecular flexibility index (Phi) is 4.41. The van der Waals surface area contributed by atoms with Crippen molar-refractivity contribution in [3.63, 3.8) is 0 Å². The molecule has 100 valence electrons. The zero-order valence-electron chi connectivity index (χ0n) is 10.6. The average molecular weight is 279 g/mol. The van der Waals surface area contributed by atoms with E-state index >= 15 is 0 Å². The third kappa shape index (κ3) is 3.48. The number of hydrogen-bond acceptors (Lipinski definition) is 3. The number of carbonyl (C=O) groups excluding carboxylic acids is 1. The van der Waals surface area contributed by atoms with E-state index in [4.69, 9.17) is 11.6 Å². The van der Waals surface area contributed by atoms with Gasteiger partial charge in [-0.25, -0.2) is 0 Å². The molecule has 0 radical (unpaired) electrons. The molecule has 0 saturated heterocycles. The van der Waals surface area contributed by atoms with Crippen LogP contribution in [-0.4, -0.2) is 29.3 Å². The van der Waals surface area contributed by atoms with Crippen LogP contribution in [0.4, 0.5) is 5.69 Å². The molecule has 0 fully saturated rings. The Morgan fingerprint density at radius 3 is 3.00 bits per heavy atom. The second kappa shape index (κ2) is 6.24. The quantitative estimate of drug-likeness (QED) is 0.880. The predicted octanol–water partition coefficient (Wildman–Crippen LogP) is 2.01. The molecule has 0 unspecified atom stereocenters. The van der Waals surface area contributed by atoms with Crippen molar-refractivity contribution in [3.8, 4) is 0 Å². The van der Waals surface area contributed by atoms with E-state index in [2.05, 4.69) is 15.7 Å². The fourth-order valence-corrected chi connectivity index (χ4v) is 1.91. The molecule has 0 aliphatic rings. The van der Waals surface area contributed by atoms with Gasteiger partial charge >= 0.3 is 0 Å². The van der Waals surface area contributed by atoms with Gasteiger partial charge in [-0.2, -0.15) is 5.10 Å². The highest BCUT2D eigenvalue weighted by Crippen LogP contribution is 2.20. The van der Waals surface area contributed by atoms with E-state index in [1.807, 2.05) is 12.3 Å². The number of benzene rings is 1. The van der Waals surface area contributed by atoms with Gasteiger partial charge in [-0.1, -0.05) is 11.6 Å². The van der Waals surface area contributed by atoms with E-state index in [1.54, 1.807) is 36.1 Å². The summed E-state index contributed by atoms with van der Waals surface area (Å²) in [4.78, 5) is 12.1. The van der Waals surface area contributed by atoms with Gasteiger partial charge in [-0.05, 0) is 24.3 Å². The lowest BCUT2D eigenvalue weighted by Crippen LogP contribution is -2.28. The molecule has 19 heavy (non-hydrogen) atoms. The Morgan fingerprint density at radius 1 is 1.47 bits per heavy atom. The SMILES string of the molecule is CNc1ccc(Cl)cc1C(=O)NCCn1cccn1. The highest BCUT2D eigenvalue weighted by molar-refractivity contribution is 6.31. The minimum Gasteiger partial charge on any atom is -0.387 e. The van der Waals surface area contributed by atoms with Gasteiger partial charge in [0.25, 0.3) is 5.91 Å². The van der Waals surface area contributed by atoms with Crippen LogP contribution in [0.5, 0.6) is 0 Å². The first kappa shape index (κ1) is 13.4. The lowest BCUT2D eigenvalue weighted by molar-refractivity contribution is 0.0952. The molecule has 2 aromatic rings. The Balaban J connectivity index is 1.97. The van der Waals surface area contributed by atoms with Gasteiger partial charge in [0, 0.05) is 36.7 Å². The van der Waals surface area contributed by atoms with Crippen molar-refractivity contribution < 1.29 is 4.79 Å². The molecular formula is C13H15ClN4O. The van der Waals surface area contributed by atoms with Crippen LogP contribution in [0, 0.1) is 0 Å². The van der Waals surface area contributed by atoms with Crippen molar-refractivity contribution >= 4 is 23.2 Å². The summed E-state index contributed by atoms with van der Waals surface area (Å²) in [5, 5.41) is 10.4. The number of aromatic nitrogens is 2. The Labute approximate surface area is 116 Å². The second-order valence-corrected chi connectivity index (χ2v) is 4.40. The van der Waals surface area contributed by atoms with Crippen molar-refractivity contribution in [1.29, 1.82) is 0 Å². The van der Waals surface area contributed by atoms with Gasteiger partial charge in [0.15, 0.2) is 0 Å². The molecule has 0 saturated carbocycles. The molecule has 1 aromatic carbocycles. The molecule has 0 atom stereocenters. The van der Waals surface area contributed by atoms with E-state index in [1.165, 1.54) is 0 Å². The number of carbonyl (C=O) groups is 1. The first-order chi connectivity index (χ1) is 9.20. The van der Waals surface area contributed by atoms with Gasteiger partial charge in [0.2, 0.25) is 0 Å². The number of hydrogen-bond donors (Lipinski definition) is 2. The number of halogens is 1. The molecule has 6 heteroatoms. The number of amides is 1. The largest absolute Gasteiger partial charge is 0.387 e. The van der Waals surface area contributed by atoms with Gasteiger partial charge in [-0.3, -0.25) is 9.48 Å². The molecule has 0 aliphatic heterocycles. The van der Waals surface area contributed by atoms with Gasteiger partial charge in [0.1, 0.15) is 0 Å². The van der Waals surface area contributed by atoms with E-state index < -0.39 is 0 Å². The van der Waals surface area contributed by atoms with E-state index in [-0.39, 0.29) is 5.91 Å². The van der Waals surface area contributed by atoms with Crippen LogP contribution < -0.4 is 10.6 Å². The summed E-state index contributed by atoms with van der Waals surface area (Å²) in [6.07, 6.45) is 3.56. The van der Waals surface area contributed by atoms with E-state index in [0.717, 1.165) is 5.69 Å². The van der Waals surface area contributed by atoms with Crippen molar-refractivity contribution in [1.82, 2.24) is 15.1 Å². The minimum absolute atomic E-state index is 0.154. The molecule has 0 aliphatic carbocycles. The maximum atomic E-state index is 12.1. The molecule has 5 nitrogen and oxygen atoms in total. The van der Waals surface area contributed by atoms with E-state index in [0.29, 0.717) is 23.7 Å². The standard InChI is InChI=1S/C13H15ClN4O/c1-15-12-4-3-10(14)9-11(12)13(19)16-6-8-18-7-2-5-17-18/h2-5,7,9,15H,6,8H2,1H3,(H,16,19). The van der Waals surface area contributed by atoms with Crippen LogP contribution >= 0.6 is 11.6 Å². The number of nitrogens with zero attached hydrogens (tertiary/aromatic N) is 2. The molecule has 0 spiro atoms. The Morgan fingerprint density at radius 2 is 2.32 bits per heavy atom. The van der Waals surface area contributed by atoms with E-state index in [9.17, 15) is 4.79 Å². The lowest BCUT2D eigenvalue weighted by Gasteiger charge is -2.10. The number of anilines is 1. The highest BCUT2D eigenvalue weighted by Gasteiger charge is 2.10. The molecule has 1 amide bonds. The summed E-state index contributed by atoms with van der Waals surface area (Å²) in [5.41, 5.74) is 1.29. The van der Waals surface area contributed by atoms with Crippen molar-refractivity contribution in [3.05, 3.63) is 47.2 Å². The fraction of sp³-hybridized carbons (Fsp3) is 0.231. The monoisotopic (exact) mass is 278 g/mol. The van der Waals surface area contributed by atoms with Crippen LogP contribution in [0.25, 0.3) is 0 Å². The zero-order valence-corrected chi connectivity index (χ0v) is 11.3. The van der Waals surface area contributed by atoms with Gasteiger partial charge in [0.05, 0.1) is 12.1 Å². The van der Waals surface area contributed by atoms with Crippen molar-refractivity contribution in [2.75, 3.05) is 18.9 Å². The van der Waals surface area contributed by atoms with Crippen LogP contribution in [0.15, 0.2) is 36.7 Å². The first-order valence-electron chi connectivity index (χ1n) is 5.93. The summed E-state index contributed by atoms with van der Waals surface area (Å²) < 4.78 is 1.76. The molecule has 2 rings (SSSR count). The Bertz CT molecular complexity index is 554. The van der Waals surface area contributed by atoms with Crippen molar-refractivity contribution in [2.45, 2.75) is 6.54 Å². The Hall–Kier alpha value is -2.01. The normalized spacial score (nSPS) is 10.2. The smallest absolute Gasteiger partial charge is 0.253 e. The molecule has 1 aromatic heterocycles. The van der Waals surface area contributed by atoms with Crippen molar-refractivity contribution in [2.24, 2.45) is 0 Å². The summed E-state index contributed by atoms with van der Waals surface area (Å²) in [5.74, 6) is -0.154. The van der Waals surface area contributed by atoms with Crippen LogP contribution in [0.1, 0.15) is 10.4 Å². The summed E-state index contributed by atoms with van der Waals surface area (Å²) in [7, 11) is 1.77. The predicted molar refractivity (Wildman–Crippen MR) is 75.6 cm³/mol. The minimum atomic E-state index is -0.154. The lowest BCUT2D eigenvalue weighted by atomic mass is 10.1. The van der Waals surface area contributed by atoms with Gasteiger partial charge < -0.3 is 10.6 Å². The van der Waals surface area contributed by atoms with Gasteiger partial charge in [-0.15, -0.1) is 0 Å². The molecular weight excluding hydrogens is 264 g/mol. The topological polar surface area (TPSA) is 59.0 Å². The number of nitrogens with one attached hydrogen (secondary N) is 2. The molecule has 1 heterocycles. The third-order valence-corrected chi connectivity index (χ3v) is 2.92. The summed E-state index contributed by atoms with van der Waals surface area (Å²) >= 11 is 5.91. The third-order valence-electron chi connectivity index (χ3n) is 2.68. The average Bonchev–Trinajstić information content (AvgIpc) is 2.91. The van der Waals surface area contributed by atoms with Crippen LogP contribution in [-0.2, 0) is 6.54 Å². The maximum absolute atomic E-state index is 12.1. The number of rotatable bonds is 5. The maximum Gasteiger partial charge on any atom is 0.253 e. The highest BCUT2D eigenvalue weighted by atomic mass is 35.5. The first-order valence-corrected chi connectivity index (χ1v) is 6.31. The van der Waals surface area contributed by atoms with Crippen LogP contribution in [0.3, 0.4) is 0 Å². The van der Waals surface area contributed by atoms with Crippen LogP contribution in [0.2, 0.25) is 5.02 Å². The zero-order chi connectivity index (χ0) is 13.7. The molecule has 0 bridgehead atoms.